The van der Waals surface area contributed by atoms with Gasteiger partial charge in [0, 0.05) is 11.6 Å². The minimum Gasteiger partial charge on any atom is -0.486 e. The summed E-state index contributed by atoms with van der Waals surface area (Å²) in [5.41, 5.74) is -0.427. The molecule has 2 aromatic heterocycles. The third-order valence-electron chi connectivity index (χ3n) is 4.63. The van der Waals surface area contributed by atoms with Crippen LogP contribution in [0.4, 0.5) is 19.0 Å². The average molecular weight is 432 g/mol. The van der Waals surface area contributed by atoms with Crippen molar-refractivity contribution in [1.82, 2.24) is 14.8 Å². The predicted octanol–water partition coefficient (Wildman–Crippen LogP) is 4.57. The molecule has 3 aromatic rings. The molecule has 0 bridgehead atoms. The Balaban J connectivity index is 1.61. The van der Waals surface area contributed by atoms with E-state index in [9.17, 15) is 18.0 Å². The van der Waals surface area contributed by atoms with Crippen molar-refractivity contribution in [2.45, 2.75) is 26.1 Å². The van der Waals surface area contributed by atoms with Gasteiger partial charge in [-0.1, -0.05) is 6.07 Å². The van der Waals surface area contributed by atoms with Gasteiger partial charge in [-0.3, -0.25) is 9.48 Å². The van der Waals surface area contributed by atoms with Crippen molar-refractivity contribution >= 4 is 11.7 Å². The summed E-state index contributed by atoms with van der Waals surface area (Å²) < 4.78 is 52.5. The second kappa shape index (κ2) is 7.93. The molecule has 0 spiro atoms. The average Bonchev–Trinajstić information content (AvgIpc) is 3.20. The standard InChI is InChI=1S/C21H19F3N4O3/c1-12(2)28-19(21(22,23)24)14(11-25-28)20(29)27-18-5-3-4-15(26-18)13-6-7-16-17(10-13)31-9-8-30-16/h3-7,10-12H,8-9H2,1-2H3,(H,26,27,29). The monoisotopic (exact) mass is 432 g/mol. The van der Waals surface area contributed by atoms with Crippen LogP contribution in [-0.2, 0) is 6.18 Å². The molecule has 0 atom stereocenters. The molecular formula is C21H19F3N4O3. The second-order valence-electron chi connectivity index (χ2n) is 7.16. The molecule has 1 aliphatic rings. The minimum atomic E-state index is -4.73. The number of nitrogens with zero attached hydrogens (tertiary/aromatic N) is 3. The van der Waals surface area contributed by atoms with Crippen LogP contribution < -0.4 is 14.8 Å². The van der Waals surface area contributed by atoms with Gasteiger partial charge in [-0.05, 0) is 44.2 Å². The SMILES string of the molecule is CC(C)n1ncc(C(=O)Nc2cccc(-c3ccc4c(c3)OCCO4)n2)c1C(F)(F)F. The molecule has 1 amide bonds. The lowest BCUT2D eigenvalue weighted by molar-refractivity contribution is -0.145. The summed E-state index contributed by atoms with van der Waals surface area (Å²) >= 11 is 0. The van der Waals surface area contributed by atoms with Crippen LogP contribution >= 0.6 is 0 Å². The number of nitrogens with one attached hydrogen (secondary N) is 1. The Hall–Kier alpha value is -3.56. The smallest absolute Gasteiger partial charge is 0.433 e. The van der Waals surface area contributed by atoms with Crippen molar-refractivity contribution in [2.75, 3.05) is 18.5 Å². The maximum Gasteiger partial charge on any atom is 0.433 e. The number of carbonyl (C=O) groups excluding carboxylic acids is 1. The van der Waals surface area contributed by atoms with Crippen LogP contribution in [0, 0.1) is 0 Å². The van der Waals surface area contributed by atoms with E-state index in [0.717, 1.165) is 10.9 Å². The number of pyridine rings is 1. The third-order valence-corrected chi connectivity index (χ3v) is 4.63. The lowest BCUT2D eigenvalue weighted by Gasteiger charge is -2.18. The van der Waals surface area contributed by atoms with Crippen LogP contribution in [0.1, 0.15) is 35.9 Å². The van der Waals surface area contributed by atoms with Crippen molar-refractivity contribution < 1.29 is 27.4 Å². The fourth-order valence-electron chi connectivity index (χ4n) is 3.25. The number of halogens is 3. The molecule has 31 heavy (non-hydrogen) atoms. The number of ether oxygens (including phenoxy) is 2. The third kappa shape index (κ3) is 4.18. The van der Waals surface area contributed by atoms with Crippen LogP contribution in [0.5, 0.6) is 11.5 Å². The summed E-state index contributed by atoms with van der Waals surface area (Å²) in [5, 5.41) is 6.18. The number of fused-ring (bicyclic) bond motifs is 1. The molecule has 1 aliphatic heterocycles. The van der Waals surface area contributed by atoms with Gasteiger partial charge in [-0.15, -0.1) is 0 Å². The van der Waals surface area contributed by atoms with Gasteiger partial charge in [0.2, 0.25) is 0 Å². The number of aromatic nitrogens is 3. The first kappa shape index (κ1) is 20.7. The first-order chi connectivity index (χ1) is 14.7. The van der Waals surface area contributed by atoms with Gasteiger partial charge < -0.3 is 14.8 Å². The highest BCUT2D eigenvalue weighted by Gasteiger charge is 2.40. The van der Waals surface area contributed by atoms with Crippen molar-refractivity contribution in [3.8, 4) is 22.8 Å². The fraction of sp³-hybridized carbons (Fsp3) is 0.286. The largest absolute Gasteiger partial charge is 0.486 e. The molecule has 162 valence electrons. The molecule has 0 fully saturated rings. The van der Waals surface area contributed by atoms with Crippen LogP contribution in [0.25, 0.3) is 11.3 Å². The summed E-state index contributed by atoms with van der Waals surface area (Å²) in [6.45, 7) is 4.02. The summed E-state index contributed by atoms with van der Waals surface area (Å²) in [4.78, 5) is 17.0. The van der Waals surface area contributed by atoms with Crippen molar-refractivity contribution in [1.29, 1.82) is 0 Å². The number of benzene rings is 1. The summed E-state index contributed by atoms with van der Waals surface area (Å²) in [6.07, 6.45) is -3.81. The van der Waals surface area contributed by atoms with Crippen molar-refractivity contribution in [3.63, 3.8) is 0 Å². The van der Waals surface area contributed by atoms with Crippen LogP contribution in [0.2, 0.25) is 0 Å². The van der Waals surface area contributed by atoms with E-state index in [2.05, 4.69) is 15.4 Å². The lowest BCUT2D eigenvalue weighted by atomic mass is 10.1. The molecule has 4 rings (SSSR count). The van der Waals surface area contributed by atoms with E-state index in [0.29, 0.717) is 36.0 Å². The topological polar surface area (TPSA) is 78.3 Å². The number of carbonyl (C=O) groups is 1. The number of hydrogen-bond donors (Lipinski definition) is 1. The Kier molecular flexibility index (Phi) is 5.30. The van der Waals surface area contributed by atoms with Gasteiger partial charge in [0.1, 0.15) is 19.0 Å². The highest BCUT2D eigenvalue weighted by atomic mass is 19.4. The Labute approximate surface area is 175 Å². The second-order valence-corrected chi connectivity index (χ2v) is 7.16. The first-order valence-corrected chi connectivity index (χ1v) is 9.57. The molecule has 7 nitrogen and oxygen atoms in total. The normalized spacial score (nSPS) is 13.4. The zero-order valence-electron chi connectivity index (χ0n) is 16.7. The highest BCUT2D eigenvalue weighted by Crippen LogP contribution is 2.35. The van der Waals surface area contributed by atoms with Gasteiger partial charge in [0.05, 0.1) is 17.5 Å². The maximum atomic E-state index is 13.5. The van der Waals surface area contributed by atoms with Crippen LogP contribution in [0.3, 0.4) is 0 Å². The Morgan fingerprint density at radius 2 is 1.87 bits per heavy atom. The summed E-state index contributed by atoms with van der Waals surface area (Å²) in [6, 6.07) is 9.62. The van der Waals surface area contributed by atoms with E-state index < -0.39 is 29.4 Å². The molecule has 10 heteroatoms. The van der Waals surface area contributed by atoms with E-state index in [1.165, 1.54) is 6.07 Å². The number of alkyl halides is 3. The Morgan fingerprint density at radius 1 is 1.13 bits per heavy atom. The molecule has 0 saturated heterocycles. The van der Waals surface area contributed by atoms with Crippen LogP contribution in [0.15, 0.2) is 42.6 Å². The van der Waals surface area contributed by atoms with E-state index in [-0.39, 0.29) is 5.82 Å². The summed E-state index contributed by atoms with van der Waals surface area (Å²) in [7, 11) is 0. The van der Waals surface area contributed by atoms with Gasteiger partial charge in [-0.25, -0.2) is 4.98 Å². The van der Waals surface area contributed by atoms with Crippen molar-refractivity contribution in [3.05, 3.63) is 53.9 Å². The maximum absolute atomic E-state index is 13.5. The van der Waals surface area contributed by atoms with E-state index in [1.54, 1.807) is 44.2 Å². The van der Waals surface area contributed by atoms with E-state index in [4.69, 9.17) is 9.47 Å². The molecule has 0 unspecified atom stereocenters. The predicted molar refractivity (Wildman–Crippen MR) is 106 cm³/mol. The number of anilines is 1. The Bertz CT molecular complexity index is 1130. The van der Waals surface area contributed by atoms with Gasteiger partial charge in [0.25, 0.3) is 5.91 Å². The van der Waals surface area contributed by atoms with Gasteiger partial charge >= 0.3 is 6.18 Å². The van der Waals surface area contributed by atoms with Crippen molar-refractivity contribution in [2.24, 2.45) is 0 Å². The minimum absolute atomic E-state index is 0.114. The fourth-order valence-corrected chi connectivity index (χ4v) is 3.25. The van der Waals surface area contributed by atoms with Gasteiger partial charge in [-0.2, -0.15) is 18.3 Å². The van der Waals surface area contributed by atoms with E-state index >= 15 is 0 Å². The Morgan fingerprint density at radius 3 is 2.58 bits per heavy atom. The van der Waals surface area contributed by atoms with Gasteiger partial charge in [0.15, 0.2) is 17.2 Å². The number of rotatable bonds is 4. The highest BCUT2D eigenvalue weighted by molar-refractivity contribution is 6.04. The molecule has 3 heterocycles. The molecule has 0 radical (unpaired) electrons. The number of hydrogen-bond acceptors (Lipinski definition) is 5. The summed E-state index contributed by atoms with van der Waals surface area (Å²) in [5.74, 6) is 0.381. The first-order valence-electron chi connectivity index (χ1n) is 9.57. The molecule has 0 aliphatic carbocycles. The zero-order valence-corrected chi connectivity index (χ0v) is 16.7. The lowest BCUT2D eigenvalue weighted by Crippen LogP contribution is -2.22. The molecule has 1 N–H and O–H groups in total. The zero-order chi connectivity index (χ0) is 22.2. The number of amides is 1. The van der Waals surface area contributed by atoms with Crippen LogP contribution in [-0.4, -0.2) is 33.9 Å². The molecular weight excluding hydrogens is 413 g/mol. The van der Waals surface area contributed by atoms with E-state index in [1.807, 2.05) is 0 Å². The molecule has 1 aromatic carbocycles. The molecule has 0 saturated carbocycles. The quantitative estimate of drug-likeness (QED) is 0.654.